The number of hydrogen-bond acceptors (Lipinski definition) is 2. The molecule has 0 spiro atoms. The Labute approximate surface area is 50.3 Å². The van der Waals surface area contributed by atoms with Crippen LogP contribution in [0.2, 0.25) is 0 Å². The molecule has 0 rings (SSSR count). The normalized spacial score (nSPS) is 13.2. The Balaban J connectivity index is 2.98. The van der Waals surface area contributed by atoms with Gasteiger partial charge in [-0.15, -0.1) is 0 Å². The number of hydrogen-bond donors (Lipinski definition) is 1. The van der Waals surface area contributed by atoms with Crippen molar-refractivity contribution in [3.63, 3.8) is 0 Å². The molecule has 0 aliphatic carbocycles. The number of rotatable bonds is 4. The van der Waals surface area contributed by atoms with Gasteiger partial charge < -0.3 is 5.32 Å². The van der Waals surface area contributed by atoms with Gasteiger partial charge in [0.25, 0.3) is 0 Å². The van der Waals surface area contributed by atoms with Crippen molar-refractivity contribution >= 4 is 6.29 Å². The molecule has 0 fully saturated rings. The lowest BCUT2D eigenvalue weighted by atomic mass is 10.3. The molecular weight excluding hydrogens is 102 g/mol. The lowest BCUT2D eigenvalue weighted by molar-refractivity contribution is 0.524. The van der Waals surface area contributed by atoms with E-state index in [0.717, 1.165) is 13.0 Å². The molecule has 8 heavy (non-hydrogen) atoms. The van der Waals surface area contributed by atoms with E-state index in [0.29, 0.717) is 0 Å². The first kappa shape index (κ1) is 7.63. The van der Waals surface area contributed by atoms with E-state index in [1.807, 2.05) is 6.29 Å². The first-order valence-corrected chi connectivity index (χ1v) is 2.92. The summed E-state index contributed by atoms with van der Waals surface area (Å²) >= 11 is 0. The van der Waals surface area contributed by atoms with E-state index < -0.39 is 0 Å². The van der Waals surface area contributed by atoms with Gasteiger partial charge in [-0.1, -0.05) is 6.92 Å². The molecule has 0 aliphatic heterocycles. The van der Waals surface area contributed by atoms with Crippen LogP contribution in [0.25, 0.3) is 0 Å². The maximum absolute atomic E-state index is 9.82. The molecule has 2 heteroatoms. The SMILES string of the molecule is CCCNC(C)[C]=O. The second-order valence-electron chi connectivity index (χ2n) is 1.79. The summed E-state index contributed by atoms with van der Waals surface area (Å²) in [5.74, 6) is 0. The van der Waals surface area contributed by atoms with Crippen LogP contribution in [0.1, 0.15) is 20.3 Å². The van der Waals surface area contributed by atoms with Crippen LogP contribution in [0.4, 0.5) is 0 Å². The van der Waals surface area contributed by atoms with Gasteiger partial charge in [-0.3, -0.25) is 4.79 Å². The predicted molar refractivity (Wildman–Crippen MR) is 33.4 cm³/mol. The highest BCUT2D eigenvalue weighted by atomic mass is 16.1. The summed E-state index contributed by atoms with van der Waals surface area (Å²) in [4.78, 5) is 9.82. The van der Waals surface area contributed by atoms with Crippen LogP contribution in [-0.4, -0.2) is 18.9 Å². The lowest BCUT2D eigenvalue weighted by Crippen LogP contribution is -2.27. The molecule has 0 amide bonds. The summed E-state index contributed by atoms with van der Waals surface area (Å²) in [7, 11) is 0. The van der Waals surface area contributed by atoms with Gasteiger partial charge in [0.15, 0.2) is 0 Å². The van der Waals surface area contributed by atoms with E-state index in [1.54, 1.807) is 6.92 Å². The fourth-order valence-corrected chi connectivity index (χ4v) is 0.403. The highest BCUT2D eigenvalue weighted by molar-refractivity contribution is 5.57. The topological polar surface area (TPSA) is 29.1 Å². The zero-order valence-corrected chi connectivity index (χ0v) is 5.40. The average molecular weight is 114 g/mol. The molecule has 0 saturated carbocycles. The van der Waals surface area contributed by atoms with Crippen LogP contribution in [0.3, 0.4) is 0 Å². The summed E-state index contributed by atoms with van der Waals surface area (Å²) in [5.41, 5.74) is 0. The van der Waals surface area contributed by atoms with E-state index in [4.69, 9.17) is 0 Å². The van der Waals surface area contributed by atoms with Gasteiger partial charge in [0.1, 0.15) is 0 Å². The van der Waals surface area contributed by atoms with Gasteiger partial charge in [0, 0.05) is 0 Å². The van der Waals surface area contributed by atoms with E-state index in [-0.39, 0.29) is 6.04 Å². The van der Waals surface area contributed by atoms with Crippen molar-refractivity contribution in [1.82, 2.24) is 5.32 Å². The standard InChI is InChI=1S/C6H12NO/c1-3-4-7-6(2)5-8/h6-7H,3-4H2,1-2H3. The second-order valence-corrected chi connectivity index (χ2v) is 1.79. The molecule has 1 radical (unpaired) electrons. The summed E-state index contributed by atoms with van der Waals surface area (Å²) in [5, 5.41) is 2.96. The Morgan fingerprint density at radius 1 is 1.75 bits per heavy atom. The number of nitrogens with one attached hydrogen (secondary N) is 1. The van der Waals surface area contributed by atoms with Gasteiger partial charge in [0.05, 0.1) is 6.04 Å². The third-order valence-electron chi connectivity index (χ3n) is 0.877. The van der Waals surface area contributed by atoms with Crippen LogP contribution in [0.5, 0.6) is 0 Å². The summed E-state index contributed by atoms with van der Waals surface area (Å²) in [6, 6.07) is -0.102. The molecular formula is C6H12NO. The maximum atomic E-state index is 9.82. The van der Waals surface area contributed by atoms with Crippen molar-refractivity contribution in [2.75, 3.05) is 6.54 Å². The van der Waals surface area contributed by atoms with Crippen molar-refractivity contribution in [2.45, 2.75) is 26.3 Å². The Kier molecular flexibility index (Phi) is 4.56. The maximum Gasteiger partial charge on any atom is 0.216 e. The Hall–Kier alpha value is -0.370. The van der Waals surface area contributed by atoms with E-state index in [9.17, 15) is 4.79 Å². The molecule has 0 bridgehead atoms. The molecule has 0 aliphatic rings. The molecule has 0 aromatic heterocycles. The summed E-state index contributed by atoms with van der Waals surface area (Å²) in [6.45, 7) is 4.75. The van der Waals surface area contributed by atoms with Gasteiger partial charge >= 0.3 is 0 Å². The highest BCUT2D eigenvalue weighted by Gasteiger charge is 1.94. The first-order chi connectivity index (χ1) is 3.81. The van der Waals surface area contributed by atoms with Crippen LogP contribution >= 0.6 is 0 Å². The fraction of sp³-hybridized carbons (Fsp3) is 0.833. The molecule has 0 aromatic carbocycles. The van der Waals surface area contributed by atoms with Gasteiger partial charge in [-0.2, -0.15) is 0 Å². The zero-order valence-electron chi connectivity index (χ0n) is 5.40. The Morgan fingerprint density at radius 3 is 2.75 bits per heavy atom. The summed E-state index contributed by atoms with van der Waals surface area (Å²) < 4.78 is 0. The third kappa shape index (κ3) is 3.81. The summed E-state index contributed by atoms with van der Waals surface area (Å²) in [6.07, 6.45) is 2.90. The molecule has 1 atom stereocenters. The molecule has 0 saturated heterocycles. The largest absolute Gasteiger partial charge is 0.307 e. The quantitative estimate of drug-likeness (QED) is 0.576. The highest BCUT2D eigenvalue weighted by Crippen LogP contribution is 1.74. The third-order valence-corrected chi connectivity index (χ3v) is 0.877. The van der Waals surface area contributed by atoms with Crippen molar-refractivity contribution in [2.24, 2.45) is 0 Å². The Morgan fingerprint density at radius 2 is 2.38 bits per heavy atom. The minimum absolute atomic E-state index is 0.102. The molecule has 1 unspecified atom stereocenters. The molecule has 0 aromatic rings. The van der Waals surface area contributed by atoms with Crippen molar-refractivity contribution in [3.8, 4) is 0 Å². The minimum Gasteiger partial charge on any atom is -0.307 e. The van der Waals surface area contributed by atoms with E-state index in [2.05, 4.69) is 12.2 Å². The molecule has 2 nitrogen and oxygen atoms in total. The van der Waals surface area contributed by atoms with Crippen LogP contribution in [0.15, 0.2) is 0 Å². The van der Waals surface area contributed by atoms with Crippen molar-refractivity contribution < 1.29 is 4.79 Å². The predicted octanol–water partition coefficient (Wildman–Crippen LogP) is 0.484. The monoisotopic (exact) mass is 114 g/mol. The molecule has 1 N–H and O–H groups in total. The van der Waals surface area contributed by atoms with Crippen LogP contribution < -0.4 is 5.32 Å². The first-order valence-electron chi connectivity index (χ1n) is 2.92. The van der Waals surface area contributed by atoms with Gasteiger partial charge in [0.2, 0.25) is 6.29 Å². The fourth-order valence-electron chi connectivity index (χ4n) is 0.403. The van der Waals surface area contributed by atoms with Crippen molar-refractivity contribution in [3.05, 3.63) is 0 Å². The average Bonchev–Trinajstić information content (AvgIpc) is 1.83. The van der Waals surface area contributed by atoms with Gasteiger partial charge in [-0.25, -0.2) is 0 Å². The lowest BCUT2D eigenvalue weighted by Gasteiger charge is -2.01. The Bertz CT molecular complexity index is 63.5. The van der Waals surface area contributed by atoms with Crippen molar-refractivity contribution in [1.29, 1.82) is 0 Å². The van der Waals surface area contributed by atoms with Crippen LogP contribution in [-0.2, 0) is 4.79 Å². The van der Waals surface area contributed by atoms with Gasteiger partial charge in [-0.05, 0) is 19.9 Å². The second kappa shape index (κ2) is 4.78. The minimum atomic E-state index is -0.102. The zero-order chi connectivity index (χ0) is 6.41. The molecule has 47 valence electrons. The van der Waals surface area contributed by atoms with E-state index >= 15 is 0 Å². The van der Waals surface area contributed by atoms with E-state index in [1.165, 1.54) is 0 Å². The molecule has 0 heterocycles. The number of carbonyl (C=O) groups excluding carboxylic acids is 1. The van der Waals surface area contributed by atoms with Crippen LogP contribution in [0, 0.1) is 0 Å². The smallest absolute Gasteiger partial charge is 0.216 e.